The van der Waals surface area contributed by atoms with Gasteiger partial charge in [-0.25, -0.2) is 4.68 Å². The van der Waals surface area contributed by atoms with Gasteiger partial charge in [-0.3, -0.25) is 4.68 Å². The SMILES string of the molecule is Cc1nn(C)cc1CNc1cc(-c2cccs2)nn1CCO. The van der Waals surface area contributed by atoms with Crippen molar-refractivity contribution in [3.63, 3.8) is 0 Å². The quantitative estimate of drug-likeness (QED) is 0.732. The predicted octanol–water partition coefficient (Wildman–Crippen LogP) is 2.26. The zero-order valence-electron chi connectivity index (χ0n) is 12.7. The van der Waals surface area contributed by atoms with E-state index >= 15 is 0 Å². The maximum Gasteiger partial charge on any atom is 0.125 e. The van der Waals surface area contributed by atoms with Gasteiger partial charge in [0.2, 0.25) is 0 Å². The molecule has 0 spiro atoms. The topological polar surface area (TPSA) is 67.9 Å². The molecule has 22 heavy (non-hydrogen) atoms. The molecule has 0 atom stereocenters. The Morgan fingerprint density at radius 1 is 1.36 bits per heavy atom. The number of anilines is 1. The summed E-state index contributed by atoms with van der Waals surface area (Å²) in [5.74, 6) is 0.903. The molecular formula is C15H19N5OS. The van der Waals surface area contributed by atoms with Crippen LogP contribution in [0.3, 0.4) is 0 Å². The first-order valence-electron chi connectivity index (χ1n) is 7.13. The lowest BCUT2D eigenvalue weighted by molar-refractivity contribution is 0.270. The van der Waals surface area contributed by atoms with Crippen LogP contribution in [0.2, 0.25) is 0 Å². The van der Waals surface area contributed by atoms with Gasteiger partial charge >= 0.3 is 0 Å². The molecule has 0 saturated carbocycles. The molecule has 0 bridgehead atoms. The van der Waals surface area contributed by atoms with Crippen molar-refractivity contribution in [2.24, 2.45) is 7.05 Å². The van der Waals surface area contributed by atoms with Crippen LogP contribution in [0.4, 0.5) is 5.82 Å². The molecule has 6 nitrogen and oxygen atoms in total. The first-order valence-corrected chi connectivity index (χ1v) is 8.01. The number of rotatable bonds is 6. The van der Waals surface area contributed by atoms with E-state index in [1.54, 1.807) is 16.0 Å². The fraction of sp³-hybridized carbons (Fsp3) is 0.333. The van der Waals surface area contributed by atoms with Crippen LogP contribution in [-0.2, 0) is 20.1 Å². The average Bonchev–Trinajstić information content (AvgIpc) is 3.18. The van der Waals surface area contributed by atoms with Gasteiger partial charge in [0.25, 0.3) is 0 Å². The molecule has 0 amide bonds. The molecule has 0 aliphatic heterocycles. The van der Waals surface area contributed by atoms with E-state index in [0.29, 0.717) is 13.1 Å². The molecule has 0 unspecified atom stereocenters. The summed E-state index contributed by atoms with van der Waals surface area (Å²) < 4.78 is 3.62. The molecule has 2 N–H and O–H groups in total. The van der Waals surface area contributed by atoms with Gasteiger partial charge in [0, 0.05) is 31.4 Å². The molecular weight excluding hydrogens is 298 g/mol. The van der Waals surface area contributed by atoms with Crippen LogP contribution in [-0.4, -0.2) is 31.3 Å². The van der Waals surface area contributed by atoms with Gasteiger partial charge < -0.3 is 10.4 Å². The summed E-state index contributed by atoms with van der Waals surface area (Å²) in [6.45, 7) is 3.21. The largest absolute Gasteiger partial charge is 0.394 e. The second-order valence-electron chi connectivity index (χ2n) is 5.11. The Kier molecular flexibility index (Phi) is 4.26. The molecule has 116 valence electrons. The van der Waals surface area contributed by atoms with E-state index in [9.17, 15) is 5.11 Å². The molecule has 3 aromatic rings. The third kappa shape index (κ3) is 3.05. The predicted molar refractivity (Wildman–Crippen MR) is 87.9 cm³/mol. The molecule has 0 aromatic carbocycles. The molecule has 3 rings (SSSR count). The first-order chi connectivity index (χ1) is 10.7. The van der Waals surface area contributed by atoms with Crippen molar-refractivity contribution < 1.29 is 5.11 Å². The van der Waals surface area contributed by atoms with Crippen molar-refractivity contribution >= 4 is 17.2 Å². The van der Waals surface area contributed by atoms with Crippen LogP contribution in [0.15, 0.2) is 29.8 Å². The highest BCUT2D eigenvalue weighted by molar-refractivity contribution is 7.13. The standard InChI is InChI=1S/C15H19N5OS/c1-11-12(10-19(2)17-11)9-16-15-8-13(14-4-3-7-22-14)18-20(15)5-6-21/h3-4,7-8,10,16,21H,5-6,9H2,1-2H3. The Labute approximate surface area is 133 Å². The van der Waals surface area contributed by atoms with E-state index in [1.807, 2.05) is 48.4 Å². The minimum atomic E-state index is 0.0617. The Bertz CT molecular complexity index is 744. The van der Waals surface area contributed by atoms with Crippen LogP contribution >= 0.6 is 11.3 Å². The lowest BCUT2D eigenvalue weighted by Gasteiger charge is -2.07. The second kappa shape index (κ2) is 6.33. The molecule has 0 fully saturated rings. The van der Waals surface area contributed by atoms with Crippen molar-refractivity contribution in [1.29, 1.82) is 0 Å². The van der Waals surface area contributed by atoms with Gasteiger partial charge in [-0.2, -0.15) is 10.2 Å². The van der Waals surface area contributed by atoms with Gasteiger partial charge in [-0.1, -0.05) is 6.07 Å². The van der Waals surface area contributed by atoms with E-state index in [2.05, 4.69) is 15.5 Å². The highest BCUT2D eigenvalue weighted by Crippen LogP contribution is 2.26. The van der Waals surface area contributed by atoms with Gasteiger partial charge in [0.15, 0.2) is 0 Å². The second-order valence-corrected chi connectivity index (χ2v) is 6.05. The molecule has 3 aromatic heterocycles. The lowest BCUT2D eigenvalue weighted by atomic mass is 10.2. The summed E-state index contributed by atoms with van der Waals surface area (Å²) in [7, 11) is 1.92. The van der Waals surface area contributed by atoms with E-state index in [-0.39, 0.29) is 6.61 Å². The normalized spacial score (nSPS) is 11.0. The van der Waals surface area contributed by atoms with Gasteiger partial charge in [0.1, 0.15) is 11.5 Å². The lowest BCUT2D eigenvalue weighted by Crippen LogP contribution is -2.10. The summed E-state index contributed by atoms with van der Waals surface area (Å²) in [5, 5.41) is 23.6. The van der Waals surface area contributed by atoms with Crippen LogP contribution in [0.1, 0.15) is 11.3 Å². The van der Waals surface area contributed by atoms with E-state index in [4.69, 9.17) is 0 Å². The van der Waals surface area contributed by atoms with Crippen molar-refractivity contribution in [1.82, 2.24) is 19.6 Å². The van der Waals surface area contributed by atoms with E-state index in [0.717, 1.165) is 27.6 Å². The number of nitrogens with zero attached hydrogens (tertiary/aromatic N) is 4. The van der Waals surface area contributed by atoms with Crippen molar-refractivity contribution in [2.75, 3.05) is 11.9 Å². The Hall–Kier alpha value is -2.12. The van der Waals surface area contributed by atoms with Crippen molar-refractivity contribution in [3.05, 3.63) is 41.0 Å². The highest BCUT2D eigenvalue weighted by atomic mass is 32.1. The van der Waals surface area contributed by atoms with Gasteiger partial charge in [0.05, 0.1) is 23.7 Å². The molecule has 7 heteroatoms. The Morgan fingerprint density at radius 2 is 2.23 bits per heavy atom. The molecule has 0 aliphatic carbocycles. The number of hydrogen-bond donors (Lipinski definition) is 2. The van der Waals surface area contributed by atoms with Crippen LogP contribution < -0.4 is 5.32 Å². The third-order valence-corrected chi connectivity index (χ3v) is 4.33. The van der Waals surface area contributed by atoms with Crippen molar-refractivity contribution in [3.8, 4) is 10.6 Å². The number of aliphatic hydroxyl groups excluding tert-OH is 1. The zero-order chi connectivity index (χ0) is 15.5. The fourth-order valence-electron chi connectivity index (χ4n) is 2.38. The summed E-state index contributed by atoms with van der Waals surface area (Å²) in [6.07, 6.45) is 2.01. The third-order valence-electron chi connectivity index (χ3n) is 3.44. The van der Waals surface area contributed by atoms with E-state index in [1.165, 1.54) is 0 Å². The molecule has 0 saturated heterocycles. The maximum atomic E-state index is 9.22. The average molecular weight is 317 g/mol. The smallest absolute Gasteiger partial charge is 0.125 e. The fourth-order valence-corrected chi connectivity index (χ4v) is 3.06. The number of aryl methyl sites for hydroxylation is 2. The molecule has 0 radical (unpaired) electrons. The summed E-state index contributed by atoms with van der Waals surface area (Å²) in [6, 6.07) is 6.08. The minimum Gasteiger partial charge on any atom is -0.394 e. The Morgan fingerprint density at radius 3 is 2.86 bits per heavy atom. The minimum absolute atomic E-state index is 0.0617. The monoisotopic (exact) mass is 317 g/mol. The Balaban J connectivity index is 1.81. The van der Waals surface area contributed by atoms with Crippen LogP contribution in [0.25, 0.3) is 10.6 Å². The number of nitrogens with one attached hydrogen (secondary N) is 1. The van der Waals surface area contributed by atoms with Crippen LogP contribution in [0, 0.1) is 6.92 Å². The number of hydrogen-bond acceptors (Lipinski definition) is 5. The maximum absolute atomic E-state index is 9.22. The van der Waals surface area contributed by atoms with Crippen molar-refractivity contribution in [2.45, 2.75) is 20.0 Å². The molecule has 0 aliphatic rings. The van der Waals surface area contributed by atoms with Crippen LogP contribution in [0.5, 0.6) is 0 Å². The summed E-state index contributed by atoms with van der Waals surface area (Å²) in [4.78, 5) is 1.12. The van der Waals surface area contributed by atoms with Gasteiger partial charge in [-0.05, 0) is 18.4 Å². The number of aromatic nitrogens is 4. The highest BCUT2D eigenvalue weighted by Gasteiger charge is 2.11. The van der Waals surface area contributed by atoms with E-state index < -0.39 is 0 Å². The molecule has 3 heterocycles. The number of aliphatic hydroxyl groups is 1. The zero-order valence-corrected chi connectivity index (χ0v) is 13.5. The van der Waals surface area contributed by atoms with Gasteiger partial charge in [-0.15, -0.1) is 11.3 Å². The number of thiophene rings is 1. The first kappa shape index (κ1) is 14.8. The summed E-state index contributed by atoms with van der Waals surface area (Å²) >= 11 is 1.66. The summed E-state index contributed by atoms with van der Waals surface area (Å²) in [5.41, 5.74) is 3.09.